The van der Waals surface area contributed by atoms with Gasteiger partial charge in [0, 0.05) is 13.6 Å². The highest BCUT2D eigenvalue weighted by Crippen LogP contribution is 2.31. The van der Waals surface area contributed by atoms with E-state index >= 15 is 0 Å². The SMILES string of the molecule is CC(C(=O)N(C)Cc1ccc2c(c1)OCCO2)n1cncn1. The van der Waals surface area contributed by atoms with E-state index in [-0.39, 0.29) is 11.9 Å². The van der Waals surface area contributed by atoms with E-state index in [2.05, 4.69) is 10.1 Å². The van der Waals surface area contributed by atoms with E-state index in [0.717, 1.165) is 17.1 Å². The van der Waals surface area contributed by atoms with Gasteiger partial charge in [-0.05, 0) is 24.6 Å². The van der Waals surface area contributed by atoms with Gasteiger partial charge in [0.05, 0.1) is 0 Å². The molecule has 0 radical (unpaired) electrons. The zero-order valence-electron chi connectivity index (χ0n) is 12.6. The van der Waals surface area contributed by atoms with Gasteiger partial charge in [-0.1, -0.05) is 6.07 Å². The molecule has 0 bridgehead atoms. The Morgan fingerprint density at radius 1 is 1.36 bits per heavy atom. The number of ether oxygens (including phenoxy) is 2. The molecule has 0 saturated heterocycles. The lowest BCUT2D eigenvalue weighted by molar-refractivity contribution is -0.133. The molecule has 2 aromatic rings. The average molecular weight is 302 g/mol. The number of aromatic nitrogens is 3. The first-order valence-electron chi connectivity index (χ1n) is 7.13. The second kappa shape index (κ2) is 6.05. The van der Waals surface area contributed by atoms with Crippen molar-refractivity contribution in [2.24, 2.45) is 0 Å². The van der Waals surface area contributed by atoms with Crippen molar-refractivity contribution in [2.75, 3.05) is 20.3 Å². The fourth-order valence-corrected chi connectivity index (χ4v) is 2.39. The molecule has 1 aliphatic heterocycles. The second-order valence-electron chi connectivity index (χ2n) is 5.22. The van der Waals surface area contributed by atoms with Crippen LogP contribution in [0.2, 0.25) is 0 Å². The number of fused-ring (bicyclic) bond motifs is 1. The number of rotatable bonds is 4. The van der Waals surface area contributed by atoms with Crippen LogP contribution in [-0.4, -0.2) is 45.8 Å². The van der Waals surface area contributed by atoms with E-state index in [0.29, 0.717) is 19.8 Å². The van der Waals surface area contributed by atoms with Gasteiger partial charge < -0.3 is 14.4 Å². The van der Waals surface area contributed by atoms with Gasteiger partial charge in [-0.3, -0.25) is 4.79 Å². The van der Waals surface area contributed by atoms with Crippen molar-refractivity contribution >= 4 is 5.91 Å². The topological polar surface area (TPSA) is 69.5 Å². The lowest BCUT2D eigenvalue weighted by atomic mass is 10.1. The number of likely N-dealkylation sites (N-methyl/N-ethyl adjacent to an activating group) is 1. The van der Waals surface area contributed by atoms with Crippen LogP contribution in [0.4, 0.5) is 0 Å². The van der Waals surface area contributed by atoms with Crippen LogP contribution in [-0.2, 0) is 11.3 Å². The van der Waals surface area contributed by atoms with Crippen molar-refractivity contribution in [2.45, 2.75) is 19.5 Å². The molecule has 1 aliphatic rings. The average Bonchev–Trinajstić information content (AvgIpc) is 3.07. The molecular weight excluding hydrogens is 284 g/mol. The first kappa shape index (κ1) is 14.4. The van der Waals surface area contributed by atoms with Gasteiger partial charge in [0.15, 0.2) is 11.5 Å². The molecule has 2 heterocycles. The zero-order chi connectivity index (χ0) is 15.5. The molecule has 116 valence electrons. The Hall–Kier alpha value is -2.57. The summed E-state index contributed by atoms with van der Waals surface area (Å²) in [7, 11) is 1.77. The second-order valence-corrected chi connectivity index (χ2v) is 5.22. The van der Waals surface area contributed by atoms with Crippen LogP contribution in [0.3, 0.4) is 0 Å². The van der Waals surface area contributed by atoms with Crippen molar-refractivity contribution in [3.8, 4) is 11.5 Å². The van der Waals surface area contributed by atoms with Gasteiger partial charge in [-0.2, -0.15) is 5.10 Å². The predicted molar refractivity (Wildman–Crippen MR) is 78.6 cm³/mol. The molecule has 1 aromatic carbocycles. The molecular formula is C15H18N4O3. The maximum absolute atomic E-state index is 12.4. The molecule has 0 saturated carbocycles. The molecule has 0 spiro atoms. The van der Waals surface area contributed by atoms with Gasteiger partial charge in [0.1, 0.15) is 31.9 Å². The quantitative estimate of drug-likeness (QED) is 0.850. The molecule has 1 unspecified atom stereocenters. The molecule has 3 rings (SSSR count). The monoisotopic (exact) mass is 302 g/mol. The summed E-state index contributed by atoms with van der Waals surface area (Å²) in [5, 5.41) is 4.01. The Labute approximate surface area is 128 Å². The van der Waals surface area contributed by atoms with Crippen molar-refractivity contribution in [1.82, 2.24) is 19.7 Å². The normalized spacial score (nSPS) is 14.5. The summed E-state index contributed by atoms with van der Waals surface area (Å²) in [5.74, 6) is 1.45. The number of carbonyl (C=O) groups excluding carboxylic acids is 1. The first-order valence-corrected chi connectivity index (χ1v) is 7.13. The lowest BCUT2D eigenvalue weighted by Gasteiger charge is -2.23. The number of carbonyl (C=O) groups is 1. The van der Waals surface area contributed by atoms with Gasteiger partial charge in [-0.25, -0.2) is 9.67 Å². The Morgan fingerprint density at radius 3 is 2.86 bits per heavy atom. The summed E-state index contributed by atoms with van der Waals surface area (Å²) in [6, 6.07) is 5.35. The van der Waals surface area contributed by atoms with E-state index in [4.69, 9.17) is 9.47 Å². The fraction of sp³-hybridized carbons (Fsp3) is 0.400. The highest BCUT2D eigenvalue weighted by atomic mass is 16.6. The van der Waals surface area contributed by atoms with E-state index in [1.165, 1.54) is 6.33 Å². The summed E-state index contributed by atoms with van der Waals surface area (Å²) < 4.78 is 12.6. The summed E-state index contributed by atoms with van der Waals surface area (Å²) in [6.45, 7) is 3.42. The highest BCUT2D eigenvalue weighted by molar-refractivity contribution is 5.79. The van der Waals surface area contributed by atoms with E-state index in [1.54, 1.807) is 29.9 Å². The van der Waals surface area contributed by atoms with E-state index < -0.39 is 0 Å². The minimum Gasteiger partial charge on any atom is -0.486 e. The predicted octanol–water partition coefficient (Wildman–Crippen LogP) is 1.27. The van der Waals surface area contributed by atoms with Crippen molar-refractivity contribution < 1.29 is 14.3 Å². The van der Waals surface area contributed by atoms with Crippen LogP contribution >= 0.6 is 0 Å². The smallest absolute Gasteiger partial charge is 0.247 e. The first-order chi connectivity index (χ1) is 10.6. The standard InChI is InChI=1S/C15H18N4O3/c1-11(19-10-16-9-17-19)15(20)18(2)8-12-3-4-13-14(7-12)22-6-5-21-13/h3-4,7,9-11H,5-6,8H2,1-2H3. The Kier molecular flexibility index (Phi) is 3.95. The number of benzene rings is 1. The van der Waals surface area contributed by atoms with Crippen molar-refractivity contribution in [3.63, 3.8) is 0 Å². The molecule has 22 heavy (non-hydrogen) atoms. The third kappa shape index (κ3) is 2.88. The molecule has 7 nitrogen and oxygen atoms in total. The van der Waals surface area contributed by atoms with E-state index in [9.17, 15) is 4.79 Å². The number of nitrogens with zero attached hydrogens (tertiary/aromatic N) is 4. The summed E-state index contributed by atoms with van der Waals surface area (Å²) in [5.41, 5.74) is 0.992. The van der Waals surface area contributed by atoms with Gasteiger partial charge in [0.25, 0.3) is 0 Å². The van der Waals surface area contributed by atoms with Crippen LogP contribution < -0.4 is 9.47 Å². The van der Waals surface area contributed by atoms with Gasteiger partial charge in [-0.15, -0.1) is 0 Å². The lowest BCUT2D eigenvalue weighted by Crippen LogP contribution is -2.33. The summed E-state index contributed by atoms with van der Waals surface area (Å²) in [4.78, 5) is 17.9. The molecule has 1 aromatic heterocycles. The Balaban J connectivity index is 1.68. The highest BCUT2D eigenvalue weighted by Gasteiger charge is 2.20. The molecule has 0 aliphatic carbocycles. The van der Waals surface area contributed by atoms with Gasteiger partial charge >= 0.3 is 0 Å². The molecule has 1 amide bonds. The summed E-state index contributed by atoms with van der Waals surface area (Å²) in [6.07, 6.45) is 2.96. The molecule has 1 atom stereocenters. The fourth-order valence-electron chi connectivity index (χ4n) is 2.39. The Bertz CT molecular complexity index is 657. The third-order valence-electron chi connectivity index (χ3n) is 3.59. The molecule has 0 fully saturated rings. The van der Waals surface area contributed by atoms with E-state index in [1.807, 2.05) is 18.2 Å². The molecule has 7 heteroatoms. The van der Waals surface area contributed by atoms with Crippen LogP contribution in [0, 0.1) is 0 Å². The molecule has 0 N–H and O–H groups in total. The van der Waals surface area contributed by atoms with Crippen LogP contribution in [0.1, 0.15) is 18.5 Å². The number of hydrogen-bond acceptors (Lipinski definition) is 5. The summed E-state index contributed by atoms with van der Waals surface area (Å²) >= 11 is 0. The minimum atomic E-state index is -0.385. The zero-order valence-corrected chi connectivity index (χ0v) is 12.6. The van der Waals surface area contributed by atoms with Crippen LogP contribution in [0.25, 0.3) is 0 Å². The largest absolute Gasteiger partial charge is 0.486 e. The maximum atomic E-state index is 12.4. The third-order valence-corrected chi connectivity index (χ3v) is 3.59. The van der Waals surface area contributed by atoms with Crippen molar-refractivity contribution in [1.29, 1.82) is 0 Å². The van der Waals surface area contributed by atoms with Crippen LogP contribution in [0.5, 0.6) is 11.5 Å². The minimum absolute atomic E-state index is 0.0274. The number of amides is 1. The Morgan fingerprint density at radius 2 is 2.14 bits per heavy atom. The maximum Gasteiger partial charge on any atom is 0.247 e. The van der Waals surface area contributed by atoms with Crippen LogP contribution in [0.15, 0.2) is 30.9 Å². The van der Waals surface area contributed by atoms with Gasteiger partial charge in [0.2, 0.25) is 5.91 Å². The van der Waals surface area contributed by atoms with Crippen molar-refractivity contribution in [3.05, 3.63) is 36.4 Å². The number of hydrogen-bond donors (Lipinski definition) is 0.